The van der Waals surface area contributed by atoms with Gasteiger partial charge in [-0.15, -0.1) is 17.7 Å². The summed E-state index contributed by atoms with van der Waals surface area (Å²) in [5.41, 5.74) is 3.65. The van der Waals surface area contributed by atoms with Crippen LogP contribution in [0.15, 0.2) is 58.8 Å². The fourth-order valence-corrected chi connectivity index (χ4v) is 2.74. The summed E-state index contributed by atoms with van der Waals surface area (Å²) in [6.07, 6.45) is 0. The number of aromatic hydroxyl groups is 1. The highest BCUT2D eigenvalue weighted by atomic mass is 32.2. The zero-order chi connectivity index (χ0) is 21.6. The number of hydrogen-bond donors (Lipinski definition) is 2. The molecule has 0 atom stereocenters. The number of azo groups is 1. The van der Waals surface area contributed by atoms with Gasteiger partial charge in [0.1, 0.15) is 5.69 Å². The van der Waals surface area contributed by atoms with Gasteiger partial charge < -0.3 is 10.4 Å². The van der Waals surface area contributed by atoms with Crippen LogP contribution in [0.5, 0.6) is 5.75 Å². The van der Waals surface area contributed by atoms with Gasteiger partial charge in [0.15, 0.2) is 5.75 Å². The molecule has 0 saturated carbocycles. The molecule has 0 heterocycles. The predicted octanol–water partition coefficient (Wildman–Crippen LogP) is 4.53. The third-order valence-corrected chi connectivity index (χ3v) is 3.91. The lowest BCUT2D eigenvalue weighted by molar-refractivity contribution is -0.114. The molecule has 0 aliphatic rings. The van der Waals surface area contributed by atoms with E-state index in [2.05, 4.69) is 15.5 Å². The number of carbonyl (C=O) groups excluding carboxylic acids is 1. The summed E-state index contributed by atoms with van der Waals surface area (Å²) in [6.45, 7) is 5.33. The molecular weight excluding hydrogens is 394 g/mol. The maximum Gasteiger partial charge on any atom is 0.425 e. The molecule has 0 spiro atoms. The number of carbonyl (C=O) groups is 1. The molecule has 8 nitrogen and oxygen atoms in total. The highest BCUT2D eigenvalue weighted by molar-refractivity contribution is 7.59. The van der Waals surface area contributed by atoms with E-state index in [0.29, 0.717) is 16.8 Å². The van der Waals surface area contributed by atoms with E-state index < -0.39 is 10.6 Å². The molecule has 0 radical (unpaired) electrons. The second-order valence-corrected chi connectivity index (χ2v) is 6.62. The largest absolute Gasteiger partial charge is 0.505 e. The highest BCUT2D eigenvalue weighted by Crippen LogP contribution is 2.40. The quantitative estimate of drug-likeness (QED) is 0.610. The summed E-state index contributed by atoms with van der Waals surface area (Å²) in [4.78, 5) is 11.5. The van der Waals surface area contributed by atoms with Crippen molar-refractivity contribution in [1.82, 2.24) is 0 Å². The van der Waals surface area contributed by atoms with Gasteiger partial charge in [0.05, 0.1) is 11.4 Å². The Morgan fingerprint density at radius 2 is 1.59 bits per heavy atom. The molecule has 0 aromatic heterocycles. The van der Waals surface area contributed by atoms with Crippen LogP contribution in [0.1, 0.15) is 18.1 Å². The van der Waals surface area contributed by atoms with Crippen LogP contribution in [-0.2, 0) is 15.4 Å². The van der Waals surface area contributed by atoms with Crippen molar-refractivity contribution in [2.75, 3.05) is 5.32 Å². The van der Waals surface area contributed by atoms with Gasteiger partial charge in [-0.3, -0.25) is 4.79 Å². The lowest BCUT2D eigenvalue weighted by Gasteiger charge is -2.11. The number of hydrogen-bond acceptors (Lipinski definition) is 7. The van der Waals surface area contributed by atoms with Crippen molar-refractivity contribution in [3.8, 4) is 5.75 Å². The van der Waals surface area contributed by atoms with Crippen molar-refractivity contribution in [2.45, 2.75) is 20.8 Å². The van der Waals surface area contributed by atoms with Crippen molar-refractivity contribution in [2.24, 2.45) is 10.2 Å². The van der Waals surface area contributed by atoms with E-state index in [1.807, 2.05) is 56.3 Å². The summed E-state index contributed by atoms with van der Waals surface area (Å²) in [5.74, 6) is -0.197. The monoisotopic (exact) mass is 413 g/mol. The Bertz CT molecular complexity index is 1200. The lowest BCUT2D eigenvalue weighted by atomic mass is 10.0. The molecule has 3 rings (SSSR count). The Labute approximate surface area is 169 Å². The molecule has 0 aliphatic heterocycles. The Morgan fingerprint density at radius 1 is 0.966 bits per heavy atom. The molecular formula is C20H19N3O5S. The third-order valence-electron chi connectivity index (χ3n) is 3.91. The number of aryl methyl sites for hydroxylation is 2. The Kier molecular flexibility index (Phi) is 7.15. The van der Waals surface area contributed by atoms with Crippen molar-refractivity contribution >= 4 is 44.4 Å². The summed E-state index contributed by atoms with van der Waals surface area (Å²) in [5, 5.41) is 23.3. The Morgan fingerprint density at radius 3 is 2.21 bits per heavy atom. The molecule has 29 heavy (non-hydrogen) atoms. The van der Waals surface area contributed by atoms with Crippen molar-refractivity contribution in [3.63, 3.8) is 0 Å². The first-order chi connectivity index (χ1) is 13.7. The van der Waals surface area contributed by atoms with Gasteiger partial charge in [0, 0.05) is 12.3 Å². The number of phenols is 1. The minimum absolute atomic E-state index is 0.00131. The maximum absolute atomic E-state index is 11.5. The molecule has 0 aliphatic carbocycles. The van der Waals surface area contributed by atoms with Crippen LogP contribution in [0.3, 0.4) is 0 Å². The van der Waals surface area contributed by atoms with Crippen molar-refractivity contribution in [1.29, 1.82) is 0 Å². The minimum Gasteiger partial charge on any atom is -0.505 e. The Hall–Kier alpha value is -3.59. The van der Waals surface area contributed by atoms with Gasteiger partial charge >= 0.3 is 10.6 Å². The van der Waals surface area contributed by atoms with E-state index >= 15 is 0 Å². The normalized spacial score (nSPS) is 10.4. The van der Waals surface area contributed by atoms with E-state index in [1.54, 1.807) is 6.07 Å². The average molecular weight is 413 g/mol. The molecule has 150 valence electrons. The first-order valence-corrected chi connectivity index (χ1v) is 9.47. The van der Waals surface area contributed by atoms with Crippen molar-refractivity contribution < 1.29 is 22.5 Å². The summed E-state index contributed by atoms with van der Waals surface area (Å²) < 4.78 is 25.3. The van der Waals surface area contributed by atoms with Crippen LogP contribution in [0.2, 0.25) is 0 Å². The molecule has 0 bridgehead atoms. The van der Waals surface area contributed by atoms with Crippen LogP contribution in [-0.4, -0.2) is 23.6 Å². The molecule has 0 unspecified atom stereocenters. The van der Waals surface area contributed by atoms with Gasteiger partial charge in [-0.2, -0.15) is 5.11 Å². The number of benzene rings is 3. The van der Waals surface area contributed by atoms with Crippen LogP contribution in [0.25, 0.3) is 10.8 Å². The van der Waals surface area contributed by atoms with Gasteiger partial charge in [0.25, 0.3) is 0 Å². The summed E-state index contributed by atoms with van der Waals surface area (Å²) in [6, 6.07) is 15.0. The molecule has 9 heteroatoms. The first kappa shape index (κ1) is 21.7. The number of anilines is 1. The molecule has 3 aromatic carbocycles. The first-order valence-electron chi connectivity index (χ1n) is 8.47. The topological polar surface area (TPSA) is 125 Å². The number of amides is 1. The second-order valence-electron chi connectivity index (χ2n) is 6.22. The third kappa shape index (κ3) is 5.94. The number of nitrogens with one attached hydrogen (secondary N) is 1. The average Bonchev–Trinajstić information content (AvgIpc) is 2.61. The van der Waals surface area contributed by atoms with E-state index in [4.69, 9.17) is 12.6 Å². The zero-order valence-electron chi connectivity index (χ0n) is 16.0. The SMILES string of the molecule is CC(=O)Nc1cc(C)cc2ccc(N=Nc3ccccc3C)c(O)c12.O=S(=O)=O. The molecule has 3 aromatic rings. The minimum atomic E-state index is -3.11. The summed E-state index contributed by atoms with van der Waals surface area (Å²) in [7, 11) is -3.11. The predicted molar refractivity (Wildman–Crippen MR) is 110 cm³/mol. The van der Waals surface area contributed by atoms with Gasteiger partial charge in [-0.25, -0.2) is 0 Å². The fourth-order valence-electron chi connectivity index (χ4n) is 2.74. The van der Waals surface area contributed by atoms with Crippen LogP contribution >= 0.6 is 0 Å². The lowest BCUT2D eigenvalue weighted by Crippen LogP contribution is -2.06. The standard InChI is InChI=1S/C20H19N3O2.O3S/c1-12-10-15-8-9-17(23-22-16-7-5-4-6-13(16)2)20(25)19(15)18(11-12)21-14(3)24;1-4(2)3/h4-11,25H,1-3H3,(H,21,24);. The maximum atomic E-state index is 11.5. The number of rotatable bonds is 3. The number of nitrogens with zero attached hydrogens (tertiary/aromatic N) is 2. The van der Waals surface area contributed by atoms with E-state index in [0.717, 1.165) is 22.2 Å². The van der Waals surface area contributed by atoms with Crippen LogP contribution in [0.4, 0.5) is 17.1 Å². The number of fused-ring (bicyclic) bond motifs is 1. The smallest absolute Gasteiger partial charge is 0.425 e. The fraction of sp³-hybridized carbons (Fsp3) is 0.150. The molecule has 0 fully saturated rings. The van der Waals surface area contributed by atoms with Gasteiger partial charge in [-0.05, 0) is 48.6 Å². The Balaban J connectivity index is 0.000000687. The van der Waals surface area contributed by atoms with Crippen molar-refractivity contribution in [3.05, 3.63) is 59.7 Å². The van der Waals surface area contributed by atoms with Crippen LogP contribution in [0, 0.1) is 13.8 Å². The number of phenolic OH excluding ortho intramolecular Hbond substituents is 1. The second kappa shape index (κ2) is 9.56. The molecule has 0 saturated heterocycles. The van der Waals surface area contributed by atoms with Gasteiger partial charge in [-0.1, -0.05) is 30.3 Å². The van der Waals surface area contributed by atoms with E-state index in [-0.39, 0.29) is 11.7 Å². The van der Waals surface area contributed by atoms with E-state index in [1.165, 1.54) is 6.92 Å². The molecule has 1 amide bonds. The molecule has 2 N–H and O–H groups in total. The highest BCUT2D eigenvalue weighted by Gasteiger charge is 2.12. The summed E-state index contributed by atoms with van der Waals surface area (Å²) >= 11 is 0. The van der Waals surface area contributed by atoms with Gasteiger partial charge in [0.2, 0.25) is 5.91 Å². The van der Waals surface area contributed by atoms with Crippen LogP contribution < -0.4 is 5.32 Å². The zero-order valence-corrected chi connectivity index (χ0v) is 16.8. The van der Waals surface area contributed by atoms with E-state index in [9.17, 15) is 9.90 Å².